The number of rotatable bonds is 4. The average Bonchev–Trinajstić information content (AvgIpc) is 3.23. The second-order valence-corrected chi connectivity index (χ2v) is 7.18. The van der Waals surface area contributed by atoms with Gasteiger partial charge in [0.2, 0.25) is 5.91 Å². The van der Waals surface area contributed by atoms with Crippen LogP contribution in [0.3, 0.4) is 0 Å². The van der Waals surface area contributed by atoms with Crippen LogP contribution < -0.4 is 5.32 Å². The van der Waals surface area contributed by atoms with Gasteiger partial charge in [0.05, 0.1) is 17.5 Å². The standard InChI is InChI=1S/C23H23N3O2/c1-24-23(28)19-14-21(25-20-10-6-5-9-18(19)20)17-11-12-26(15-17)22(27)13-16-7-3-2-4-8-16/h2-10,14,17H,11-13,15H2,1H3,(H,24,28)/t17-/m1/s1. The highest BCUT2D eigenvalue weighted by Gasteiger charge is 2.29. The number of fused-ring (bicyclic) bond motifs is 1. The minimum absolute atomic E-state index is 0.116. The molecule has 0 bridgehead atoms. The van der Waals surface area contributed by atoms with Gasteiger partial charge in [-0.05, 0) is 24.1 Å². The number of nitrogens with zero attached hydrogens (tertiary/aromatic N) is 2. The molecule has 0 saturated carbocycles. The molecule has 1 N–H and O–H groups in total. The Morgan fingerprint density at radius 1 is 1.11 bits per heavy atom. The molecule has 5 heteroatoms. The molecule has 1 aromatic heterocycles. The van der Waals surface area contributed by atoms with E-state index in [9.17, 15) is 9.59 Å². The third kappa shape index (κ3) is 3.60. The average molecular weight is 373 g/mol. The molecule has 1 atom stereocenters. The van der Waals surface area contributed by atoms with Crippen LogP contribution in [0.1, 0.15) is 34.0 Å². The second-order valence-electron chi connectivity index (χ2n) is 7.18. The summed E-state index contributed by atoms with van der Waals surface area (Å²) in [5, 5.41) is 3.56. The fourth-order valence-electron chi connectivity index (χ4n) is 3.84. The summed E-state index contributed by atoms with van der Waals surface area (Å²) in [6.45, 7) is 1.37. The van der Waals surface area contributed by atoms with Crippen molar-refractivity contribution in [1.82, 2.24) is 15.2 Å². The van der Waals surface area contributed by atoms with Crippen LogP contribution in [0.2, 0.25) is 0 Å². The van der Waals surface area contributed by atoms with Crippen LogP contribution in [0, 0.1) is 0 Å². The van der Waals surface area contributed by atoms with Crippen molar-refractivity contribution >= 4 is 22.7 Å². The van der Waals surface area contributed by atoms with Crippen molar-refractivity contribution in [1.29, 1.82) is 0 Å². The summed E-state index contributed by atoms with van der Waals surface area (Å²) >= 11 is 0. The highest BCUT2D eigenvalue weighted by atomic mass is 16.2. The molecule has 4 rings (SSSR count). The van der Waals surface area contributed by atoms with Gasteiger partial charge in [-0.1, -0.05) is 48.5 Å². The first-order chi connectivity index (χ1) is 13.7. The van der Waals surface area contributed by atoms with Gasteiger partial charge in [-0.25, -0.2) is 0 Å². The van der Waals surface area contributed by atoms with Crippen molar-refractivity contribution in [3.8, 4) is 0 Å². The molecule has 1 aliphatic heterocycles. The number of amides is 2. The smallest absolute Gasteiger partial charge is 0.251 e. The zero-order valence-corrected chi connectivity index (χ0v) is 15.9. The summed E-state index contributed by atoms with van der Waals surface area (Å²) in [5.41, 5.74) is 3.36. The number of likely N-dealkylation sites (tertiary alicyclic amines) is 1. The third-order valence-electron chi connectivity index (χ3n) is 5.37. The monoisotopic (exact) mass is 373 g/mol. The van der Waals surface area contributed by atoms with Crippen molar-refractivity contribution in [2.45, 2.75) is 18.8 Å². The van der Waals surface area contributed by atoms with Gasteiger partial charge in [0.15, 0.2) is 0 Å². The first-order valence-electron chi connectivity index (χ1n) is 9.59. The minimum atomic E-state index is -0.116. The van der Waals surface area contributed by atoms with E-state index in [1.54, 1.807) is 7.05 Å². The fraction of sp³-hybridized carbons (Fsp3) is 0.261. The molecule has 3 aromatic rings. The van der Waals surface area contributed by atoms with E-state index in [2.05, 4.69) is 5.32 Å². The second kappa shape index (κ2) is 7.80. The van der Waals surface area contributed by atoms with E-state index in [1.807, 2.05) is 65.6 Å². The number of benzene rings is 2. The first kappa shape index (κ1) is 18.2. The molecule has 142 valence electrons. The Morgan fingerprint density at radius 3 is 2.64 bits per heavy atom. The summed E-state index contributed by atoms with van der Waals surface area (Å²) in [5.74, 6) is 0.170. The van der Waals surface area contributed by atoms with Crippen molar-refractivity contribution in [2.75, 3.05) is 20.1 Å². The molecule has 1 saturated heterocycles. The minimum Gasteiger partial charge on any atom is -0.355 e. The van der Waals surface area contributed by atoms with Crippen LogP contribution in [-0.2, 0) is 11.2 Å². The lowest BCUT2D eigenvalue weighted by Gasteiger charge is -2.17. The first-order valence-corrected chi connectivity index (χ1v) is 9.59. The van der Waals surface area contributed by atoms with Gasteiger partial charge in [0.1, 0.15) is 0 Å². The summed E-state index contributed by atoms with van der Waals surface area (Å²) in [7, 11) is 1.64. The Bertz CT molecular complexity index is 1020. The quantitative estimate of drug-likeness (QED) is 0.764. The van der Waals surface area contributed by atoms with Gasteiger partial charge < -0.3 is 10.2 Å². The van der Waals surface area contributed by atoms with E-state index in [4.69, 9.17) is 4.98 Å². The van der Waals surface area contributed by atoms with Crippen molar-refractivity contribution < 1.29 is 9.59 Å². The third-order valence-corrected chi connectivity index (χ3v) is 5.37. The van der Waals surface area contributed by atoms with Crippen LogP contribution >= 0.6 is 0 Å². The van der Waals surface area contributed by atoms with Gasteiger partial charge in [-0.2, -0.15) is 0 Å². The van der Waals surface area contributed by atoms with E-state index in [1.165, 1.54) is 0 Å². The summed E-state index contributed by atoms with van der Waals surface area (Å²) in [6, 6.07) is 19.4. The van der Waals surface area contributed by atoms with Crippen LogP contribution in [0.5, 0.6) is 0 Å². The molecule has 0 aliphatic carbocycles. The van der Waals surface area contributed by atoms with Gasteiger partial charge in [0, 0.05) is 37.1 Å². The van der Waals surface area contributed by atoms with Crippen molar-refractivity contribution in [3.05, 3.63) is 77.5 Å². The number of carbonyl (C=O) groups is 2. The predicted octanol–water partition coefficient (Wildman–Crippen LogP) is 3.15. The SMILES string of the molecule is CNC(=O)c1cc([C@@H]2CCN(C(=O)Cc3ccccc3)C2)nc2ccccc12. The molecule has 2 heterocycles. The Balaban J connectivity index is 1.56. The number of nitrogens with one attached hydrogen (secondary N) is 1. The summed E-state index contributed by atoms with van der Waals surface area (Å²) in [4.78, 5) is 31.7. The highest BCUT2D eigenvalue weighted by Crippen LogP contribution is 2.29. The zero-order valence-electron chi connectivity index (χ0n) is 15.9. The van der Waals surface area contributed by atoms with Crippen LogP contribution in [0.4, 0.5) is 0 Å². The number of carbonyl (C=O) groups excluding carboxylic acids is 2. The zero-order chi connectivity index (χ0) is 19.5. The molecule has 1 fully saturated rings. The van der Waals surface area contributed by atoms with E-state index < -0.39 is 0 Å². The van der Waals surface area contributed by atoms with Gasteiger partial charge in [-0.15, -0.1) is 0 Å². The van der Waals surface area contributed by atoms with Crippen molar-refractivity contribution in [3.63, 3.8) is 0 Å². The van der Waals surface area contributed by atoms with Gasteiger partial charge in [-0.3, -0.25) is 14.6 Å². The highest BCUT2D eigenvalue weighted by molar-refractivity contribution is 6.06. The van der Waals surface area contributed by atoms with E-state index in [0.717, 1.165) is 35.1 Å². The molecular weight excluding hydrogens is 350 g/mol. The number of hydrogen-bond donors (Lipinski definition) is 1. The predicted molar refractivity (Wildman–Crippen MR) is 109 cm³/mol. The molecule has 0 spiro atoms. The maximum Gasteiger partial charge on any atom is 0.251 e. The Labute approximate surface area is 164 Å². The normalized spacial score (nSPS) is 16.3. The molecule has 0 unspecified atom stereocenters. The molecule has 2 amide bonds. The van der Waals surface area contributed by atoms with E-state index in [-0.39, 0.29) is 17.7 Å². The van der Waals surface area contributed by atoms with E-state index in [0.29, 0.717) is 18.5 Å². The lowest BCUT2D eigenvalue weighted by atomic mass is 9.99. The molecule has 5 nitrogen and oxygen atoms in total. The Hall–Kier alpha value is -3.21. The topological polar surface area (TPSA) is 62.3 Å². The number of pyridine rings is 1. The number of hydrogen-bond acceptors (Lipinski definition) is 3. The molecule has 0 radical (unpaired) electrons. The molecular formula is C23H23N3O2. The van der Waals surface area contributed by atoms with Crippen molar-refractivity contribution in [2.24, 2.45) is 0 Å². The lowest BCUT2D eigenvalue weighted by molar-refractivity contribution is -0.129. The summed E-state index contributed by atoms with van der Waals surface area (Å²) in [6.07, 6.45) is 1.28. The molecule has 2 aromatic carbocycles. The lowest BCUT2D eigenvalue weighted by Crippen LogP contribution is -2.30. The van der Waals surface area contributed by atoms with Gasteiger partial charge in [0.25, 0.3) is 5.91 Å². The van der Waals surface area contributed by atoms with E-state index >= 15 is 0 Å². The molecule has 1 aliphatic rings. The number of aromatic nitrogens is 1. The van der Waals surface area contributed by atoms with Crippen LogP contribution in [0.25, 0.3) is 10.9 Å². The van der Waals surface area contributed by atoms with Crippen LogP contribution in [-0.4, -0.2) is 41.8 Å². The Morgan fingerprint density at radius 2 is 1.86 bits per heavy atom. The van der Waals surface area contributed by atoms with Gasteiger partial charge >= 0.3 is 0 Å². The van der Waals surface area contributed by atoms with Crippen LogP contribution in [0.15, 0.2) is 60.7 Å². The summed E-state index contributed by atoms with van der Waals surface area (Å²) < 4.78 is 0. The molecule has 28 heavy (non-hydrogen) atoms. The fourth-order valence-corrected chi connectivity index (χ4v) is 3.84. The maximum absolute atomic E-state index is 12.7. The largest absolute Gasteiger partial charge is 0.355 e. The number of para-hydroxylation sites is 1. The maximum atomic E-state index is 12.7. The Kier molecular flexibility index (Phi) is 5.06.